The summed E-state index contributed by atoms with van der Waals surface area (Å²) < 4.78 is 34.9. The molecule has 0 aromatic rings. The quantitative estimate of drug-likeness (QED) is 0.602. The largest absolute Gasteiger partial charge is 0.412 e. The van der Waals surface area contributed by atoms with Crippen LogP contribution in [0.3, 0.4) is 0 Å². The summed E-state index contributed by atoms with van der Waals surface area (Å²) in [5.41, 5.74) is -0.651. The molecule has 1 N–H and O–H groups in total. The maximum absolute atomic E-state index is 11.6. The highest BCUT2D eigenvalue weighted by Crippen LogP contribution is 2.24. The zero-order valence-corrected chi connectivity index (χ0v) is 5.57. The summed E-state index contributed by atoms with van der Waals surface area (Å²) >= 11 is 0. The topological polar surface area (TPSA) is 20.2 Å². The number of aliphatic hydroxyl groups excluding tert-OH is 1. The van der Waals surface area contributed by atoms with E-state index >= 15 is 0 Å². The monoisotopic (exact) mass is 154 g/mol. The van der Waals surface area contributed by atoms with Crippen molar-refractivity contribution in [2.24, 2.45) is 0 Å². The van der Waals surface area contributed by atoms with E-state index < -0.39 is 11.7 Å². The van der Waals surface area contributed by atoms with Crippen molar-refractivity contribution in [3.63, 3.8) is 0 Å². The summed E-state index contributed by atoms with van der Waals surface area (Å²) in [6.45, 7) is 0.739. The number of hydrogen-bond acceptors (Lipinski definition) is 1. The second kappa shape index (κ2) is 3.61. The lowest BCUT2D eigenvalue weighted by Crippen LogP contribution is -2.08. The number of rotatable bonds is 2. The number of aliphatic hydroxyl groups is 1. The molecule has 4 heteroatoms. The molecule has 0 bridgehead atoms. The summed E-state index contributed by atoms with van der Waals surface area (Å²) in [5.74, 6) is 0. The van der Waals surface area contributed by atoms with Crippen LogP contribution in [0.15, 0.2) is 11.6 Å². The van der Waals surface area contributed by atoms with Crippen molar-refractivity contribution in [3.05, 3.63) is 11.6 Å². The van der Waals surface area contributed by atoms with Gasteiger partial charge >= 0.3 is 6.18 Å². The third-order valence-electron chi connectivity index (χ3n) is 1.03. The normalized spacial score (nSPS) is 13.9. The van der Waals surface area contributed by atoms with Gasteiger partial charge in [0, 0.05) is 12.2 Å². The molecule has 0 heterocycles. The van der Waals surface area contributed by atoms with Crippen LogP contribution in [-0.4, -0.2) is 17.9 Å². The molecule has 1 nitrogen and oxygen atoms in total. The minimum Gasteiger partial charge on any atom is -0.396 e. The molecule has 0 unspecified atom stereocenters. The Morgan fingerprint density at radius 2 is 2.00 bits per heavy atom. The van der Waals surface area contributed by atoms with Crippen LogP contribution in [0.2, 0.25) is 0 Å². The number of halogens is 3. The molecule has 0 rings (SSSR count). The van der Waals surface area contributed by atoms with Gasteiger partial charge in [0.25, 0.3) is 0 Å². The summed E-state index contributed by atoms with van der Waals surface area (Å²) in [5, 5.41) is 8.17. The lowest BCUT2D eigenvalue weighted by Gasteiger charge is -2.04. The SMILES string of the molecule is C/C(=C\CCO)C(F)(F)F. The third kappa shape index (κ3) is 3.50. The number of hydrogen-bond donors (Lipinski definition) is 1. The molecule has 0 amide bonds. The maximum Gasteiger partial charge on any atom is 0.412 e. The van der Waals surface area contributed by atoms with E-state index in [1.54, 1.807) is 0 Å². The molecule has 0 fully saturated rings. The Morgan fingerprint density at radius 1 is 1.50 bits per heavy atom. The fraction of sp³-hybridized carbons (Fsp3) is 0.667. The smallest absolute Gasteiger partial charge is 0.396 e. The molecule has 0 aromatic heterocycles. The fourth-order valence-electron chi connectivity index (χ4n) is 0.397. The van der Waals surface area contributed by atoms with Gasteiger partial charge in [-0.2, -0.15) is 13.2 Å². The Balaban J connectivity index is 3.93. The molecule has 0 aliphatic heterocycles. The molecule has 60 valence electrons. The van der Waals surface area contributed by atoms with E-state index in [0.29, 0.717) is 0 Å². The van der Waals surface area contributed by atoms with E-state index in [4.69, 9.17) is 5.11 Å². The second-order valence-corrected chi connectivity index (χ2v) is 1.90. The lowest BCUT2D eigenvalue weighted by atomic mass is 10.2. The van der Waals surface area contributed by atoms with Gasteiger partial charge in [0.1, 0.15) is 0 Å². The predicted octanol–water partition coefficient (Wildman–Crippen LogP) is 1.88. The van der Waals surface area contributed by atoms with Gasteiger partial charge in [-0.05, 0) is 13.3 Å². The lowest BCUT2D eigenvalue weighted by molar-refractivity contribution is -0.0916. The maximum atomic E-state index is 11.6. The molecular weight excluding hydrogens is 145 g/mol. The van der Waals surface area contributed by atoms with E-state index in [9.17, 15) is 13.2 Å². The van der Waals surface area contributed by atoms with Crippen LogP contribution >= 0.6 is 0 Å². The first kappa shape index (κ1) is 9.49. The van der Waals surface area contributed by atoms with Crippen molar-refractivity contribution in [1.82, 2.24) is 0 Å². The highest BCUT2D eigenvalue weighted by molar-refractivity contribution is 5.04. The molecule has 10 heavy (non-hydrogen) atoms. The van der Waals surface area contributed by atoms with Crippen LogP contribution in [-0.2, 0) is 0 Å². The van der Waals surface area contributed by atoms with Crippen LogP contribution < -0.4 is 0 Å². The standard InChI is InChI=1S/C6H9F3O/c1-5(3-2-4-10)6(7,8)9/h3,10H,2,4H2,1H3/b5-3+. The van der Waals surface area contributed by atoms with Gasteiger partial charge in [0.15, 0.2) is 0 Å². The second-order valence-electron chi connectivity index (χ2n) is 1.90. The van der Waals surface area contributed by atoms with Gasteiger partial charge < -0.3 is 5.11 Å². The van der Waals surface area contributed by atoms with Crippen LogP contribution in [0.1, 0.15) is 13.3 Å². The van der Waals surface area contributed by atoms with Crippen LogP contribution in [0.4, 0.5) is 13.2 Å². The van der Waals surface area contributed by atoms with E-state index in [2.05, 4.69) is 0 Å². The molecule has 0 radical (unpaired) electrons. The average Bonchev–Trinajstić information content (AvgIpc) is 1.80. The first-order chi connectivity index (χ1) is 4.48. The fourth-order valence-corrected chi connectivity index (χ4v) is 0.397. The van der Waals surface area contributed by atoms with Crippen molar-refractivity contribution in [1.29, 1.82) is 0 Å². The Kier molecular flexibility index (Phi) is 3.42. The van der Waals surface area contributed by atoms with Crippen LogP contribution in [0.5, 0.6) is 0 Å². The summed E-state index contributed by atoms with van der Waals surface area (Å²) in [6, 6.07) is 0. The average molecular weight is 154 g/mol. The van der Waals surface area contributed by atoms with Gasteiger partial charge in [-0.1, -0.05) is 6.08 Å². The van der Waals surface area contributed by atoms with E-state index in [1.807, 2.05) is 0 Å². The molecule has 0 atom stereocenters. The number of alkyl halides is 3. The third-order valence-corrected chi connectivity index (χ3v) is 1.03. The zero-order valence-electron chi connectivity index (χ0n) is 5.57. The van der Waals surface area contributed by atoms with Crippen LogP contribution in [0.25, 0.3) is 0 Å². The van der Waals surface area contributed by atoms with Gasteiger partial charge in [-0.15, -0.1) is 0 Å². The Labute approximate surface area is 57.2 Å². The number of allylic oxidation sites excluding steroid dienone is 1. The molecule has 0 aliphatic rings. The van der Waals surface area contributed by atoms with E-state index in [1.165, 1.54) is 0 Å². The zero-order chi connectivity index (χ0) is 8.20. The Morgan fingerprint density at radius 3 is 2.30 bits per heavy atom. The predicted molar refractivity (Wildman–Crippen MR) is 31.5 cm³/mol. The molecule has 0 saturated carbocycles. The van der Waals surface area contributed by atoms with Crippen molar-refractivity contribution in [2.45, 2.75) is 19.5 Å². The first-order valence-electron chi connectivity index (χ1n) is 2.83. The van der Waals surface area contributed by atoms with Crippen molar-refractivity contribution in [3.8, 4) is 0 Å². The molecule has 0 aromatic carbocycles. The van der Waals surface area contributed by atoms with Gasteiger partial charge in [-0.25, -0.2) is 0 Å². The van der Waals surface area contributed by atoms with Crippen molar-refractivity contribution in [2.75, 3.05) is 6.61 Å². The molecule has 0 aliphatic carbocycles. The van der Waals surface area contributed by atoms with Gasteiger partial charge in [-0.3, -0.25) is 0 Å². The minimum absolute atomic E-state index is 0.0609. The summed E-state index contributed by atoms with van der Waals surface area (Å²) in [7, 11) is 0. The van der Waals surface area contributed by atoms with E-state index in [-0.39, 0.29) is 13.0 Å². The van der Waals surface area contributed by atoms with Gasteiger partial charge in [0.05, 0.1) is 0 Å². The van der Waals surface area contributed by atoms with Crippen molar-refractivity contribution >= 4 is 0 Å². The van der Waals surface area contributed by atoms with E-state index in [0.717, 1.165) is 13.0 Å². The first-order valence-corrected chi connectivity index (χ1v) is 2.83. The molecular formula is C6H9F3O. The summed E-state index contributed by atoms with van der Waals surface area (Å²) in [4.78, 5) is 0. The van der Waals surface area contributed by atoms with Crippen LogP contribution in [0, 0.1) is 0 Å². The highest BCUT2D eigenvalue weighted by atomic mass is 19.4. The minimum atomic E-state index is -4.24. The molecule has 0 saturated heterocycles. The Bertz CT molecular complexity index is 125. The van der Waals surface area contributed by atoms with Gasteiger partial charge in [0.2, 0.25) is 0 Å². The highest BCUT2D eigenvalue weighted by Gasteiger charge is 2.29. The van der Waals surface area contributed by atoms with Crippen molar-refractivity contribution < 1.29 is 18.3 Å². The Hall–Kier alpha value is -0.510. The summed E-state index contributed by atoms with van der Waals surface area (Å²) in [6.07, 6.45) is -3.21. The molecule has 0 spiro atoms.